The van der Waals surface area contributed by atoms with E-state index >= 15 is 0 Å². The molecule has 1 aromatic carbocycles. The Kier molecular flexibility index (Phi) is 3.62. The van der Waals surface area contributed by atoms with Gasteiger partial charge in [-0.3, -0.25) is 0 Å². The minimum Gasteiger partial charge on any atom is -0.492 e. The highest BCUT2D eigenvalue weighted by Gasteiger charge is 2.02. The number of carbonyl (C=O) groups is 1. The molecule has 1 aromatic heterocycles. The second-order valence-corrected chi connectivity index (χ2v) is 3.91. The van der Waals surface area contributed by atoms with E-state index in [0.717, 1.165) is 5.69 Å². The molecule has 1 heterocycles. The van der Waals surface area contributed by atoms with Gasteiger partial charge >= 0.3 is 5.97 Å². The van der Waals surface area contributed by atoms with Crippen LogP contribution in [0.2, 0.25) is 0 Å². The van der Waals surface area contributed by atoms with Crippen LogP contribution in [0.4, 0.5) is 0 Å². The van der Waals surface area contributed by atoms with Gasteiger partial charge in [0.2, 0.25) is 0 Å². The molecule has 2 rings (SSSR count). The van der Waals surface area contributed by atoms with E-state index in [1.165, 1.54) is 12.1 Å². The first-order valence-electron chi connectivity index (χ1n) is 5.60. The van der Waals surface area contributed by atoms with Crippen LogP contribution in [0.5, 0.6) is 5.75 Å². The van der Waals surface area contributed by atoms with E-state index in [9.17, 15) is 4.79 Å². The highest BCUT2D eigenvalue weighted by atomic mass is 16.5. The van der Waals surface area contributed by atoms with Crippen LogP contribution in [0.15, 0.2) is 36.8 Å². The van der Waals surface area contributed by atoms with Crippen LogP contribution in [0.3, 0.4) is 0 Å². The lowest BCUT2D eigenvalue weighted by Gasteiger charge is -2.08. The van der Waals surface area contributed by atoms with Gasteiger partial charge in [-0.15, -0.1) is 0 Å². The number of nitrogens with zero attached hydrogens (tertiary/aromatic N) is 2. The number of aryl methyl sites for hydroxylation is 1. The molecule has 0 saturated heterocycles. The summed E-state index contributed by atoms with van der Waals surface area (Å²) in [5.41, 5.74) is 1.34. The minimum absolute atomic E-state index is 0.257. The number of carboxylic acid groups (broad SMARTS) is 1. The molecule has 0 spiro atoms. The van der Waals surface area contributed by atoms with Crippen LogP contribution in [-0.4, -0.2) is 27.2 Å². The fourth-order valence-electron chi connectivity index (χ4n) is 1.58. The lowest BCUT2D eigenvalue weighted by Crippen LogP contribution is -2.08. The molecular weight excluding hydrogens is 232 g/mol. The first kappa shape index (κ1) is 12.2. The quantitative estimate of drug-likeness (QED) is 0.876. The molecule has 0 aliphatic heterocycles. The van der Waals surface area contributed by atoms with E-state index in [-0.39, 0.29) is 5.56 Å². The van der Waals surface area contributed by atoms with E-state index in [2.05, 4.69) is 4.98 Å². The van der Waals surface area contributed by atoms with E-state index in [0.29, 0.717) is 18.9 Å². The summed E-state index contributed by atoms with van der Waals surface area (Å²) < 4.78 is 7.52. The molecular formula is C13H14N2O3. The molecule has 0 saturated carbocycles. The topological polar surface area (TPSA) is 64.4 Å². The Labute approximate surface area is 105 Å². The van der Waals surface area contributed by atoms with Gasteiger partial charge in [0.25, 0.3) is 0 Å². The Balaban J connectivity index is 1.87. The molecule has 5 nitrogen and oxygen atoms in total. The normalized spacial score (nSPS) is 10.3. The zero-order chi connectivity index (χ0) is 13.0. The molecule has 0 atom stereocenters. The monoisotopic (exact) mass is 246 g/mol. The van der Waals surface area contributed by atoms with Crippen LogP contribution in [-0.2, 0) is 6.54 Å². The summed E-state index contributed by atoms with van der Waals surface area (Å²) in [7, 11) is 0. The molecule has 2 aromatic rings. The highest BCUT2D eigenvalue weighted by Crippen LogP contribution is 2.12. The molecule has 18 heavy (non-hydrogen) atoms. The molecule has 0 fully saturated rings. The summed E-state index contributed by atoms with van der Waals surface area (Å²) in [5.74, 6) is -0.270. The summed E-state index contributed by atoms with van der Waals surface area (Å²) in [5, 5.41) is 8.76. The Bertz CT molecular complexity index is 531. The molecule has 0 amide bonds. The number of aromatic carboxylic acids is 1. The third-order valence-corrected chi connectivity index (χ3v) is 2.62. The lowest BCUT2D eigenvalue weighted by molar-refractivity contribution is 0.0697. The smallest absolute Gasteiger partial charge is 0.335 e. The fraction of sp³-hybridized carbons (Fsp3) is 0.231. The summed E-state index contributed by atoms with van der Waals surface area (Å²) >= 11 is 0. The summed E-state index contributed by atoms with van der Waals surface area (Å²) in [6, 6.07) is 6.37. The summed E-state index contributed by atoms with van der Waals surface area (Å²) in [4.78, 5) is 14.7. The molecule has 0 unspecified atom stereocenters. The van der Waals surface area contributed by atoms with Gasteiger partial charge in [-0.25, -0.2) is 9.78 Å². The molecule has 0 aliphatic rings. The highest BCUT2D eigenvalue weighted by molar-refractivity contribution is 5.87. The number of rotatable bonds is 5. The number of imidazole rings is 1. The maximum atomic E-state index is 10.7. The summed E-state index contributed by atoms with van der Waals surface area (Å²) in [6.07, 6.45) is 3.55. The van der Waals surface area contributed by atoms with Crippen molar-refractivity contribution in [3.8, 4) is 5.75 Å². The van der Waals surface area contributed by atoms with Gasteiger partial charge in [0, 0.05) is 11.9 Å². The van der Waals surface area contributed by atoms with E-state index in [4.69, 9.17) is 9.84 Å². The molecule has 94 valence electrons. The van der Waals surface area contributed by atoms with Gasteiger partial charge in [0.1, 0.15) is 12.4 Å². The van der Waals surface area contributed by atoms with Crippen molar-refractivity contribution in [2.24, 2.45) is 0 Å². The number of carboxylic acids is 1. The summed E-state index contributed by atoms with van der Waals surface area (Å²) in [6.45, 7) is 3.21. The zero-order valence-corrected chi connectivity index (χ0v) is 10.0. The first-order chi connectivity index (χ1) is 8.66. The Morgan fingerprint density at radius 1 is 1.39 bits per heavy atom. The Morgan fingerprint density at radius 2 is 2.11 bits per heavy atom. The maximum Gasteiger partial charge on any atom is 0.335 e. The number of benzene rings is 1. The van der Waals surface area contributed by atoms with Crippen molar-refractivity contribution >= 4 is 5.97 Å². The molecule has 1 N–H and O–H groups in total. The number of ether oxygens (including phenoxy) is 1. The molecule has 0 radical (unpaired) electrons. The van der Waals surface area contributed by atoms with Crippen molar-refractivity contribution in [3.63, 3.8) is 0 Å². The number of hydrogen-bond donors (Lipinski definition) is 1. The average Bonchev–Trinajstić information content (AvgIpc) is 2.76. The van der Waals surface area contributed by atoms with Crippen molar-refractivity contribution in [1.82, 2.24) is 9.55 Å². The van der Waals surface area contributed by atoms with Crippen LogP contribution in [0.1, 0.15) is 16.1 Å². The average molecular weight is 246 g/mol. The van der Waals surface area contributed by atoms with Crippen LogP contribution < -0.4 is 4.74 Å². The van der Waals surface area contributed by atoms with Gasteiger partial charge in [0.05, 0.1) is 18.4 Å². The predicted molar refractivity (Wildman–Crippen MR) is 65.9 cm³/mol. The standard InChI is InChI=1S/C13H14N2O3/c1-10-8-14-9-15(10)6-7-18-12-4-2-11(3-5-12)13(16)17/h2-5,8-9H,6-7H2,1H3,(H,16,17). The van der Waals surface area contributed by atoms with Crippen LogP contribution >= 0.6 is 0 Å². The van der Waals surface area contributed by atoms with Crippen molar-refractivity contribution in [2.75, 3.05) is 6.61 Å². The largest absolute Gasteiger partial charge is 0.492 e. The predicted octanol–water partition coefficient (Wildman–Crippen LogP) is 1.97. The fourth-order valence-corrected chi connectivity index (χ4v) is 1.58. The lowest BCUT2D eigenvalue weighted by atomic mass is 10.2. The van der Waals surface area contributed by atoms with Crippen molar-refractivity contribution in [2.45, 2.75) is 13.5 Å². The second kappa shape index (κ2) is 5.35. The van der Waals surface area contributed by atoms with E-state index < -0.39 is 5.97 Å². The van der Waals surface area contributed by atoms with Gasteiger partial charge in [-0.2, -0.15) is 0 Å². The Hall–Kier alpha value is -2.30. The number of aromatic nitrogens is 2. The van der Waals surface area contributed by atoms with Crippen molar-refractivity contribution in [3.05, 3.63) is 48.0 Å². The SMILES string of the molecule is Cc1cncn1CCOc1ccc(C(=O)O)cc1. The van der Waals surface area contributed by atoms with Gasteiger partial charge in [-0.05, 0) is 31.2 Å². The minimum atomic E-state index is -0.935. The van der Waals surface area contributed by atoms with Crippen LogP contribution in [0, 0.1) is 6.92 Å². The number of hydrogen-bond acceptors (Lipinski definition) is 3. The molecule has 0 aliphatic carbocycles. The van der Waals surface area contributed by atoms with Crippen molar-refractivity contribution in [1.29, 1.82) is 0 Å². The van der Waals surface area contributed by atoms with E-state index in [1.54, 1.807) is 24.7 Å². The Morgan fingerprint density at radius 3 is 2.67 bits per heavy atom. The zero-order valence-electron chi connectivity index (χ0n) is 10.0. The first-order valence-corrected chi connectivity index (χ1v) is 5.60. The second-order valence-electron chi connectivity index (χ2n) is 3.91. The van der Waals surface area contributed by atoms with E-state index in [1.807, 2.05) is 11.5 Å². The van der Waals surface area contributed by atoms with Gasteiger partial charge in [-0.1, -0.05) is 0 Å². The van der Waals surface area contributed by atoms with Gasteiger partial charge in [0.15, 0.2) is 0 Å². The molecule has 0 bridgehead atoms. The third-order valence-electron chi connectivity index (χ3n) is 2.62. The van der Waals surface area contributed by atoms with Crippen LogP contribution in [0.25, 0.3) is 0 Å². The van der Waals surface area contributed by atoms with Crippen molar-refractivity contribution < 1.29 is 14.6 Å². The maximum absolute atomic E-state index is 10.7. The third kappa shape index (κ3) is 2.88. The van der Waals surface area contributed by atoms with Gasteiger partial charge < -0.3 is 14.4 Å². The molecule has 5 heteroatoms.